The molecule has 4 nitrogen and oxygen atoms in total. The predicted molar refractivity (Wildman–Crippen MR) is 106 cm³/mol. The fourth-order valence-corrected chi connectivity index (χ4v) is 3.49. The third kappa shape index (κ3) is 5.05. The van der Waals surface area contributed by atoms with Crippen LogP contribution < -0.4 is 0 Å². The number of amides is 1. The summed E-state index contributed by atoms with van der Waals surface area (Å²) in [5, 5.41) is 3.97. The summed E-state index contributed by atoms with van der Waals surface area (Å²) in [4.78, 5) is 26.7. The van der Waals surface area contributed by atoms with E-state index in [0.717, 1.165) is 16.7 Å². The van der Waals surface area contributed by atoms with E-state index in [0.29, 0.717) is 6.54 Å². The molecular weight excluding hydrogens is 358 g/mol. The van der Waals surface area contributed by atoms with E-state index in [1.54, 1.807) is 23.3 Å². The summed E-state index contributed by atoms with van der Waals surface area (Å²) < 4.78 is 5.39. The van der Waals surface area contributed by atoms with Gasteiger partial charge in [-0.3, -0.25) is 9.59 Å². The lowest BCUT2D eigenvalue weighted by molar-refractivity contribution is -0.152. The largest absolute Gasteiger partial charge is 0.455 e. The summed E-state index contributed by atoms with van der Waals surface area (Å²) in [5.41, 5.74) is 2.74. The first-order chi connectivity index (χ1) is 13.1. The molecule has 3 aromatic rings. The second-order valence-corrected chi connectivity index (χ2v) is 7.02. The highest BCUT2D eigenvalue weighted by Crippen LogP contribution is 2.26. The summed E-state index contributed by atoms with van der Waals surface area (Å²) in [6, 6.07) is 20.9. The molecule has 5 heteroatoms. The van der Waals surface area contributed by atoms with E-state index in [-0.39, 0.29) is 12.5 Å². The summed E-state index contributed by atoms with van der Waals surface area (Å²) in [6.45, 7) is 0.232. The van der Waals surface area contributed by atoms with Crippen LogP contribution >= 0.6 is 11.3 Å². The van der Waals surface area contributed by atoms with Gasteiger partial charge in [0.25, 0.3) is 5.91 Å². The Kier molecular flexibility index (Phi) is 6.39. The smallest absolute Gasteiger partial charge is 0.318 e. The molecule has 0 radical (unpaired) electrons. The molecule has 138 valence electrons. The normalized spacial score (nSPS) is 10.6. The predicted octanol–water partition coefficient (Wildman–Crippen LogP) is 4.08. The van der Waals surface area contributed by atoms with Crippen molar-refractivity contribution >= 4 is 23.2 Å². The van der Waals surface area contributed by atoms with E-state index in [2.05, 4.69) is 0 Å². The molecule has 0 fully saturated rings. The summed E-state index contributed by atoms with van der Waals surface area (Å²) in [5.74, 6) is -1.21. The maximum Gasteiger partial charge on any atom is 0.318 e. The number of hydrogen-bond acceptors (Lipinski definition) is 4. The lowest BCUT2D eigenvalue weighted by Crippen LogP contribution is -2.31. The lowest BCUT2D eigenvalue weighted by Gasteiger charge is -2.19. The quantitative estimate of drug-likeness (QED) is 0.581. The van der Waals surface area contributed by atoms with Crippen LogP contribution in [0, 0.1) is 0 Å². The molecule has 0 aliphatic heterocycles. The second-order valence-electron chi connectivity index (χ2n) is 6.24. The third-order valence-corrected chi connectivity index (χ3v) is 5.00. The minimum absolute atomic E-state index is 0.227. The molecule has 0 bridgehead atoms. The number of nitrogens with zero attached hydrogens (tertiary/aromatic N) is 1. The Morgan fingerprint density at radius 1 is 0.963 bits per heavy atom. The molecular formula is C22H21NO3S. The first-order valence-corrected chi connectivity index (χ1v) is 9.61. The number of hydrogen-bond donors (Lipinski definition) is 0. The fourth-order valence-electron chi connectivity index (χ4n) is 2.83. The molecule has 0 unspecified atom stereocenters. The number of likely N-dealkylation sites (N-methyl/N-ethyl adjacent to an activating group) is 1. The zero-order valence-corrected chi connectivity index (χ0v) is 15.9. The average molecular weight is 379 g/mol. The molecule has 0 atom stereocenters. The van der Waals surface area contributed by atoms with Crippen molar-refractivity contribution in [2.24, 2.45) is 0 Å². The van der Waals surface area contributed by atoms with Gasteiger partial charge in [-0.15, -0.1) is 0 Å². The Hall–Kier alpha value is -2.92. The van der Waals surface area contributed by atoms with Crippen LogP contribution in [0.25, 0.3) is 0 Å². The van der Waals surface area contributed by atoms with Gasteiger partial charge in [0.15, 0.2) is 6.61 Å². The Morgan fingerprint density at radius 3 is 2.07 bits per heavy atom. The van der Waals surface area contributed by atoms with Crippen molar-refractivity contribution < 1.29 is 14.3 Å². The SMILES string of the molecule is CN(Cc1ccsc1)C(=O)COC(=O)C(c1ccccc1)c1ccccc1. The molecule has 0 N–H and O–H groups in total. The molecule has 0 spiro atoms. The van der Waals surface area contributed by atoms with E-state index in [9.17, 15) is 9.59 Å². The number of rotatable bonds is 7. The summed E-state index contributed by atoms with van der Waals surface area (Å²) in [6.07, 6.45) is 0. The second kappa shape index (κ2) is 9.14. The Balaban J connectivity index is 1.67. The first kappa shape index (κ1) is 18.9. The number of thiophene rings is 1. The molecule has 3 rings (SSSR count). The van der Waals surface area contributed by atoms with Crippen molar-refractivity contribution in [2.45, 2.75) is 12.5 Å². The highest BCUT2D eigenvalue weighted by molar-refractivity contribution is 7.07. The molecule has 0 saturated heterocycles. The number of carbonyl (C=O) groups is 2. The number of ether oxygens (including phenoxy) is 1. The topological polar surface area (TPSA) is 46.6 Å². The number of esters is 1. The maximum absolute atomic E-state index is 12.8. The van der Waals surface area contributed by atoms with Crippen molar-refractivity contribution in [3.8, 4) is 0 Å². The Morgan fingerprint density at radius 2 is 1.56 bits per heavy atom. The van der Waals surface area contributed by atoms with Gasteiger partial charge in [-0.2, -0.15) is 11.3 Å². The van der Waals surface area contributed by atoms with Gasteiger partial charge < -0.3 is 9.64 Å². The third-order valence-electron chi connectivity index (χ3n) is 4.27. The molecule has 2 aromatic carbocycles. The van der Waals surface area contributed by atoms with Crippen LogP contribution in [-0.2, 0) is 20.9 Å². The van der Waals surface area contributed by atoms with Crippen molar-refractivity contribution in [3.05, 3.63) is 94.2 Å². The highest BCUT2D eigenvalue weighted by Gasteiger charge is 2.25. The average Bonchev–Trinajstić information content (AvgIpc) is 3.21. The molecule has 1 heterocycles. The lowest BCUT2D eigenvalue weighted by atomic mass is 9.91. The van der Waals surface area contributed by atoms with Gasteiger partial charge in [-0.05, 0) is 33.5 Å². The van der Waals surface area contributed by atoms with Crippen LogP contribution in [0.5, 0.6) is 0 Å². The Bertz CT molecular complexity index is 824. The van der Waals surface area contributed by atoms with Crippen LogP contribution in [0.3, 0.4) is 0 Å². The minimum Gasteiger partial charge on any atom is -0.455 e. The molecule has 0 aliphatic carbocycles. The van der Waals surface area contributed by atoms with Gasteiger partial charge >= 0.3 is 5.97 Å². The number of carbonyl (C=O) groups excluding carboxylic acids is 2. The van der Waals surface area contributed by atoms with Gasteiger partial charge in [0.1, 0.15) is 5.92 Å². The van der Waals surface area contributed by atoms with E-state index in [1.807, 2.05) is 77.5 Å². The van der Waals surface area contributed by atoms with Crippen LogP contribution in [0.4, 0.5) is 0 Å². The van der Waals surface area contributed by atoms with Crippen molar-refractivity contribution in [2.75, 3.05) is 13.7 Å². The standard InChI is InChI=1S/C22H21NO3S/c1-23(14-17-12-13-27-16-17)20(24)15-26-22(25)21(18-8-4-2-5-9-18)19-10-6-3-7-11-19/h2-13,16,21H,14-15H2,1H3. The summed E-state index contributed by atoms with van der Waals surface area (Å²) >= 11 is 1.59. The van der Waals surface area contributed by atoms with Crippen molar-refractivity contribution in [1.29, 1.82) is 0 Å². The highest BCUT2D eigenvalue weighted by atomic mass is 32.1. The molecule has 27 heavy (non-hydrogen) atoms. The zero-order valence-electron chi connectivity index (χ0n) is 15.1. The van der Waals surface area contributed by atoms with Gasteiger partial charge in [0, 0.05) is 13.6 Å². The molecule has 1 amide bonds. The molecule has 1 aromatic heterocycles. The molecule has 0 saturated carbocycles. The van der Waals surface area contributed by atoms with E-state index in [1.165, 1.54) is 0 Å². The van der Waals surface area contributed by atoms with E-state index >= 15 is 0 Å². The monoisotopic (exact) mass is 379 g/mol. The zero-order chi connectivity index (χ0) is 19.1. The van der Waals surface area contributed by atoms with Crippen molar-refractivity contribution in [1.82, 2.24) is 4.90 Å². The van der Waals surface area contributed by atoms with E-state index < -0.39 is 11.9 Å². The summed E-state index contributed by atoms with van der Waals surface area (Å²) in [7, 11) is 1.71. The van der Waals surface area contributed by atoms with Crippen LogP contribution in [0.1, 0.15) is 22.6 Å². The van der Waals surface area contributed by atoms with E-state index in [4.69, 9.17) is 4.74 Å². The van der Waals surface area contributed by atoms with Crippen LogP contribution in [0.2, 0.25) is 0 Å². The first-order valence-electron chi connectivity index (χ1n) is 8.66. The van der Waals surface area contributed by atoms with Crippen molar-refractivity contribution in [3.63, 3.8) is 0 Å². The van der Waals surface area contributed by atoms with Gasteiger partial charge in [-0.25, -0.2) is 0 Å². The fraction of sp³-hybridized carbons (Fsp3) is 0.182. The van der Waals surface area contributed by atoms with Crippen LogP contribution in [0.15, 0.2) is 77.5 Å². The van der Waals surface area contributed by atoms with Gasteiger partial charge in [0.2, 0.25) is 0 Å². The minimum atomic E-state index is -0.553. The maximum atomic E-state index is 12.8. The van der Waals surface area contributed by atoms with Gasteiger partial charge in [-0.1, -0.05) is 60.7 Å². The van der Waals surface area contributed by atoms with Gasteiger partial charge in [0.05, 0.1) is 0 Å². The number of benzene rings is 2. The van der Waals surface area contributed by atoms with Crippen LogP contribution in [-0.4, -0.2) is 30.4 Å². The Labute approximate surface area is 163 Å². The molecule has 0 aliphatic rings.